The largest absolute Gasteiger partial charge is 0.327 e. The van der Waals surface area contributed by atoms with Crippen LogP contribution in [0.1, 0.15) is 107 Å². The van der Waals surface area contributed by atoms with E-state index in [1.54, 1.807) is 0 Å². The van der Waals surface area contributed by atoms with Crippen LogP contribution in [0.3, 0.4) is 0 Å². The van der Waals surface area contributed by atoms with E-state index in [9.17, 15) is 0 Å². The Bertz CT molecular complexity index is 855. The molecule has 2 rings (SSSR count). The monoisotopic (exact) mass is 526 g/mol. The van der Waals surface area contributed by atoms with Gasteiger partial charge in [-0.05, 0) is 44.4 Å². The van der Waals surface area contributed by atoms with Crippen molar-refractivity contribution in [3.05, 3.63) is 60.2 Å². The third-order valence-corrected chi connectivity index (χ3v) is 23.0. The van der Waals surface area contributed by atoms with Crippen molar-refractivity contribution in [3.8, 4) is 0 Å². The maximum atomic E-state index is 4.94. The predicted octanol–water partition coefficient (Wildman–Crippen LogP) is 8.79. The van der Waals surface area contributed by atoms with Gasteiger partial charge >= 0.3 is 0 Å². The number of pyridine rings is 2. The van der Waals surface area contributed by atoms with Crippen LogP contribution in [-0.2, 0) is 0 Å². The highest BCUT2D eigenvalue weighted by atomic mass is 28.3. The fourth-order valence-electron chi connectivity index (χ4n) is 5.51. The molecule has 2 aromatic rings. The van der Waals surface area contributed by atoms with Gasteiger partial charge in [-0.25, -0.2) is 0 Å². The molecule has 2 unspecified atom stereocenters. The molecule has 0 saturated heterocycles. The molecule has 0 fully saturated rings. The first kappa shape index (κ1) is 30.9. The van der Waals surface area contributed by atoms with Crippen LogP contribution < -0.4 is 9.96 Å². The SMILES string of the molecule is CC(C)(C)[Si](C)(NC(c1ccccn1)C(N[Si](C)(C(C)(C)C)C(C)(C)C)c1ccccn1)C(C)(C)C. The van der Waals surface area contributed by atoms with E-state index in [1.807, 2.05) is 24.5 Å². The summed E-state index contributed by atoms with van der Waals surface area (Å²) in [4.78, 5) is 18.6. The fourth-order valence-corrected chi connectivity index (χ4v) is 13.6. The average Bonchev–Trinajstić information content (AvgIpc) is 2.74. The van der Waals surface area contributed by atoms with Gasteiger partial charge in [0.25, 0.3) is 0 Å². The van der Waals surface area contributed by atoms with E-state index in [0.29, 0.717) is 0 Å². The molecule has 0 aliphatic carbocycles. The fraction of sp³-hybridized carbons (Fsp3) is 0.667. The second-order valence-corrected chi connectivity index (χ2v) is 26.1. The van der Waals surface area contributed by atoms with Crippen LogP contribution in [-0.4, -0.2) is 26.4 Å². The molecule has 6 heteroatoms. The summed E-state index contributed by atoms with van der Waals surface area (Å²) in [5.74, 6) is 0. The van der Waals surface area contributed by atoms with E-state index >= 15 is 0 Å². The quantitative estimate of drug-likeness (QED) is 0.354. The van der Waals surface area contributed by atoms with Gasteiger partial charge in [0.1, 0.15) is 16.5 Å². The first-order chi connectivity index (χ1) is 16.2. The Morgan fingerprint density at radius 1 is 0.528 bits per heavy atom. The number of hydrogen-bond acceptors (Lipinski definition) is 4. The molecule has 0 spiro atoms. The normalized spacial score (nSPS) is 16.1. The molecular weight excluding hydrogens is 473 g/mol. The lowest BCUT2D eigenvalue weighted by Crippen LogP contribution is -2.66. The minimum absolute atomic E-state index is 0.00672. The Hall–Kier alpha value is -1.35. The Morgan fingerprint density at radius 3 is 1.00 bits per heavy atom. The third-order valence-electron chi connectivity index (χ3n) is 9.23. The highest BCUT2D eigenvalue weighted by Gasteiger charge is 2.54. The highest BCUT2D eigenvalue weighted by molar-refractivity contribution is 6.82. The van der Waals surface area contributed by atoms with Crippen LogP contribution >= 0.6 is 0 Å². The number of nitrogens with one attached hydrogen (secondary N) is 2. The van der Waals surface area contributed by atoms with Crippen molar-refractivity contribution in [3.63, 3.8) is 0 Å². The minimum atomic E-state index is -2.10. The average molecular weight is 527 g/mol. The van der Waals surface area contributed by atoms with E-state index in [1.165, 1.54) is 0 Å². The number of aromatic nitrogens is 2. The summed E-state index contributed by atoms with van der Waals surface area (Å²) in [7, 11) is -4.21. The number of rotatable bonds is 7. The standard InChI is InChI=1S/C30H54N4Si2/c1-27(2,3)35(13,28(4,5)6)33-25(23-19-15-17-21-31-23)26(24-20-16-18-22-32-24)34-36(14,29(7,8)9)30(10,11)12/h15-22,25-26,33-34H,1-14H3. The first-order valence-electron chi connectivity index (χ1n) is 13.5. The van der Waals surface area contributed by atoms with Gasteiger partial charge in [0.15, 0.2) is 0 Å². The Morgan fingerprint density at radius 2 is 0.806 bits per heavy atom. The summed E-state index contributed by atoms with van der Waals surface area (Å²) in [5, 5.41) is 0.562. The van der Waals surface area contributed by atoms with Crippen molar-refractivity contribution in [2.24, 2.45) is 0 Å². The second-order valence-electron chi connectivity index (χ2n) is 15.0. The van der Waals surface area contributed by atoms with Crippen LogP contribution in [0.2, 0.25) is 33.2 Å². The lowest BCUT2D eigenvalue weighted by Gasteiger charge is -2.55. The molecule has 2 atom stereocenters. The molecule has 0 saturated carbocycles. The molecule has 2 heterocycles. The van der Waals surface area contributed by atoms with Gasteiger partial charge in [-0.2, -0.15) is 0 Å². The number of hydrogen-bond donors (Lipinski definition) is 2. The summed E-state index contributed by atoms with van der Waals surface area (Å²) >= 11 is 0. The Kier molecular flexibility index (Phi) is 8.95. The molecule has 0 aliphatic heterocycles. The topological polar surface area (TPSA) is 49.8 Å². The van der Waals surface area contributed by atoms with E-state index in [4.69, 9.17) is 9.97 Å². The lowest BCUT2D eigenvalue weighted by atomic mass is 10.0. The maximum Gasteiger partial charge on any atom is 0.134 e. The smallest absolute Gasteiger partial charge is 0.134 e. The van der Waals surface area contributed by atoms with Crippen molar-refractivity contribution in [1.82, 2.24) is 19.9 Å². The molecule has 2 aromatic heterocycles. The molecule has 0 aliphatic rings. The number of nitrogens with zero attached hydrogens (tertiary/aromatic N) is 2. The predicted molar refractivity (Wildman–Crippen MR) is 162 cm³/mol. The molecule has 2 N–H and O–H groups in total. The summed E-state index contributed by atoms with van der Waals surface area (Å²) in [5.41, 5.74) is 2.15. The van der Waals surface area contributed by atoms with Gasteiger partial charge in [0.2, 0.25) is 0 Å². The maximum absolute atomic E-state index is 4.94. The van der Waals surface area contributed by atoms with E-state index in [-0.39, 0.29) is 32.2 Å². The Labute approximate surface area is 224 Å². The minimum Gasteiger partial charge on any atom is -0.327 e. The van der Waals surface area contributed by atoms with E-state index < -0.39 is 16.5 Å². The highest BCUT2D eigenvalue weighted by Crippen LogP contribution is 2.53. The van der Waals surface area contributed by atoms with Gasteiger partial charge in [-0.1, -0.05) is 108 Å². The second kappa shape index (κ2) is 10.4. The van der Waals surface area contributed by atoms with Crippen LogP contribution in [0.25, 0.3) is 0 Å². The van der Waals surface area contributed by atoms with Crippen LogP contribution in [0.5, 0.6) is 0 Å². The van der Waals surface area contributed by atoms with Crippen LogP contribution in [0.15, 0.2) is 48.8 Å². The molecule has 0 aromatic carbocycles. The summed E-state index contributed by atoms with van der Waals surface area (Å²) < 4.78 is 0. The van der Waals surface area contributed by atoms with Gasteiger partial charge < -0.3 is 9.96 Å². The molecule has 0 bridgehead atoms. The van der Waals surface area contributed by atoms with E-state index in [2.05, 4.69) is 130 Å². The molecule has 36 heavy (non-hydrogen) atoms. The molecular formula is C30H54N4Si2. The van der Waals surface area contributed by atoms with Crippen LogP contribution in [0, 0.1) is 0 Å². The third kappa shape index (κ3) is 6.20. The van der Waals surface area contributed by atoms with Crippen molar-refractivity contribution in [2.75, 3.05) is 0 Å². The van der Waals surface area contributed by atoms with Gasteiger partial charge in [0.05, 0.1) is 23.5 Å². The van der Waals surface area contributed by atoms with Crippen LogP contribution in [0.4, 0.5) is 0 Å². The van der Waals surface area contributed by atoms with Gasteiger partial charge in [-0.15, -0.1) is 0 Å². The lowest BCUT2D eigenvalue weighted by molar-refractivity contribution is 0.424. The van der Waals surface area contributed by atoms with Crippen molar-refractivity contribution >= 4 is 16.5 Å². The van der Waals surface area contributed by atoms with Gasteiger partial charge in [0, 0.05) is 12.4 Å². The van der Waals surface area contributed by atoms with Gasteiger partial charge in [-0.3, -0.25) is 9.97 Å². The van der Waals surface area contributed by atoms with Crippen molar-refractivity contribution in [1.29, 1.82) is 0 Å². The molecule has 0 amide bonds. The summed E-state index contributed by atoms with van der Waals surface area (Å²) in [6.07, 6.45) is 3.85. The summed E-state index contributed by atoms with van der Waals surface area (Å²) in [6.45, 7) is 33.9. The zero-order valence-corrected chi connectivity index (χ0v) is 27.7. The van der Waals surface area contributed by atoms with Crippen molar-refractivity contribution in [2.45, 2.75) is 128 Å². The zero-order valence-electron chi connectivity index (χ0n) is 25.7. The van der Waals surface area contributed by atoms with E-state index in [0.717, 1.165) is 11.4 Å². The molecule has 4 nitrogen and oxygen atoms in total. The first-order valence-corrected chi connectivity index (χ1v) is 18.5. The molecule has 0 radical (unpaired) electrons. The molecule has 202 valence electrons. The zero-order chi connectivity index (χ0) is 27.8. The summed E-state index contributed by atoms with van der Waals surface area (Å²) in [6, 6.07) is 12.6. The van der Waals surface area contributed by atoms with Crippen molar-refractivity contribution < 1.29 is 0 Å². The Balaban J connectivity index is 2.84.